The van der Waals surface area contributed by atoms with Gasteiger partial charge in [0.1, 0.15) is 0 Å². The number of nitrogens with zero attached hydrogens (tertiary/aromatic N) is 1. The van der Waals surface area contributed by atoms with Crippen LogP contribution < -0.4 is 14.3 Å². The van der Waals surface area contributed by atoms with E-state index in [1.807, 2.05) is 25.1 Å². The quantitative estimate of drug-likeness (QED) is 0.250. The molecule has 11 heteroatoms. The van der Waals surface area contributed by atoms with Crippen LogP contribution in [0.1, 0.15) is 23.1 Å². The zero-order chi connectivity index (χ0) is 29.2. The van der Waals surface area contributed by atoms with Crippen molar-refractivity contribution in [3.8, 4) is 0 Å². The van der Waals surface area contributed by atoms with Gasteiger partial charge in [-0.15, -0.1) is 0 Å². The van der Waals surface area contributed by atoms with E-state index < -0.39 is 20.0 Å². The van der Waals surface area contributed by atoms with Gasteiger partial charge in [-0.3, -0.25) is 13.8 Å². The fourth-order valence-corrected chi connectivity index (χ4v) is 7.24. The van der Waals surface area contributed by atoms with Gasteiger partial charge in [0.2, 0.25) is 5.91 Å². The molecule has 4 aromatic rings. The van der Waals surface area contributed by atoms with Gasteiger partial charge in [-0.2, -0.15) is 0 Å². The lowest BCUT2D eigenvalue weighted by atomic mass is 10.1. The predicted molar refractivity (Wildman–Crippen MR) is 162 cm³/mol. The molecule has 0 atom stereocenters. The normalized spacial score (nSPS) is 13.1. The summed E-state index contributed by atoms with van der Waals surface area (Å²) in [6.45, 7) is 2.23. The standard InChI is InChI=1S/C30H28ClN3O5S2/c1-21-2-10-25(11-3-21)33-40(36,37)27-13-4-22(5-14-27)6-17-30(35)32-26-12-7-23-18-19-34(29(23)20-26)41(38,39)28-15-8-24(31)9-16-28/h2-5,7-16,20,33H,6,17-19H2,1H3,(H,32,35). The Hall–Kier alpha value is -3.86. The minimum atomic E-state index is -3.78. The largest absolute Gasteiger partial charge is 0.326 e. The lowest BCUT2D eigenvalue weighted by Gasteiger charge is -2.20. The molecule has 0 fully saturated rings. The monoisotopic (exact) mass is 609 g/mol. The zero-order valence-corrected chi connectivity index (χ0v) is 24.6. The van der Waals surface area contributed by atoms with Crippen LogP contribution >= 0.6 is 11.6 Å². The molecule has 0 saturated heterocycles. The van der Waals surface area contributed by atoms with Gasteiger partial charge < -0.3 is 5.32 Å². The lowest BCUT2D eigenvalue weighted by Crippen LogP contribution is -2.29. The highest BCUT2D eigenvalue weighted by Gasteiger charge is 2.31. The van der Waals surface area contributed by atoms with E-state index in [9.17, 15) is 21.6 Å². The highest BCUT2D eigenvalue weighted by molar-refractivity contribution is 7.93. The highest BCUT2D eigenvalue weighted by atomic mass is 35.5. The van der Waals surface area contributed by atoms with Crippen molar-refractivity contribution in [3.05, 3.63) is 113 Å². The highest BCUT2D eigenvalue weighted by Crippen LogP contribution is 2.35. The summed E-state index contributed by atoms with van der Waals surface area (Å²) in [5.74, 6) is -0.243. The predicted octanol–water partition coefficient (Wildman–Crippen LogP) is 5.77. The number of halogens is 1. The van der Waals surface area contributed by atoms with E-state index in [0.717, 1.165) is 16.7 Å². The van der Waals surface area contributed by atoms with Gasteiger partial charge in [-0.1, -0.05) is 47.5 Å². The van der Waals surface area contributed by atoms with E-state index in [2.05, 4.69) is 10.0 Å². The number of benzene rings is 4. The second-order valence-corrected chi connectivity index (χ2v) is 13.8. The summed E-state index contributed by atoms with van der Waals surface area (Å²) in [6, 6.07) is 24.8. The van der Waals surface area contributed by atoms with E-state index in [4.69, 9.17) is 11.6 Å². The van der Waals surface area contributed by atoms with Crippen LogP contribution in [0.4, 0.5) is 17.1 Å². The maximum atomic E-state index is 13.2. The van der Waals surface area contributed by atoms with Gasteiger partial charge in [0.05, 0.1) is 15.5 Å². The van der Waals surface area contributed by atoms with E-state index in [0.29, 0.717) is 41.5 Å². The van der Waals surface area contributed by atoms with Crippen molar-refractivity contribution in [2.24, 2.45) is 0 Å². The van der Waals surface area contributed by atoms with Gasteiger partial charge in [-0.25, -0.2) is 16.8 Å². The summed E-state index contributed by atoms with van der Waals surface area (Å²) < 4.78 is 55.8. The number of nitrogens with one attached hydrogen (secondary N) is 2. The molecule has 0 aliphatic carbocycles. The molecule has 0 aromatic heterocycles. The van der Waals surface area contributed by atoms with Crippen molar-refractivity contribution in [2.45, 2.75) is 36.0 Å². The van der Waals surface area contributed by atoms with Gasteiger partial charge >= 0.3 is 0 Å². The van der Waals surface area contributed by atoms with Crippen molar-refractivity contribution in [1.29, 1.82) is 0 Å². The summed E-state index contributed by atoms with van der Waals surface area (Å²) in [7, 11) is -7.52. The topological polar surface area (TPSA) is 113 Å². The van der Waals surface area contributed by atoms with Crippen molar-refractivity contribution < 1.29 is 21.6 Å². The van der Waals surface area contributed by atoms with Crippen molar-refractivity contribution in [1.82, 2.24) is 0 Å². The summed E-state index contributed by atoms with van der Waals surface area (Å²) >= 11 is 5.92. The molecule has 1 amide bonds. The molecule has 212 valence electrons. The Bertz CT molecular complexity index is 1790. The van der Waals surface area contributed by atoms with Crippen molar-refractivity contribution in [2.75, 3.05) is 20.9 Å². The summed E-state index contributed by atoms with van der Waals surface area (Å²) in [6.07, 6.45) is 1.14. The number of hydrogen-bond donors (Lipinski definition) is 2. The molecule has 1 aliphatic rings. The molecule has 1 heterocycles. The fraction of sp³-hybridized carbons (Fsp3) is 0.167. The average Bonchev–Trinajstić information content (AvgIpc) is 3.38. The smallest absolute Gasteiger partial charge is 0.264 e. The number of carbonyl (C=O) groups excluding carboxylic acids is 1. The third kappa shape index (κ3) is 6.56. The molecule has 5 rings (SSSR count). The Morgan fingerprint density at radius 1 is 0.829 bits per heavy atom. The lowest BCUT2D eigenvalue weighted by molar-refractivity contribution is -0.116. The number of carbonyl (C=O) groups is 1. The summed E-state index contributed by atoms with van der Waals surface area (Å²) in [5, 5.41) is 3.30. The maximum Gasteiger partial charge on any atom is 0.264 e. The van der Waals surface area contributed by atoms with Crippen LogP contribution in [0.15, 0.2) is 101 Å². The number of rotatable bonds is 9. The molecule has 8 nitrogen and oxygen atoms in total. The third-order valence-corrected chi connectivity index (χ3v) is 10.3. The number of aryl methyl sites for hydroxylation is 2. The first-order valence-electron chi connectivity index (χ1n) is 12.9. The van der Waals surface area contributed by atoms with Crippen molar-refractivity contribution >= 4 is 54.6 Å². The first-order valence-corrected chi connectivity index (χ1v) is 16.2. The Balaban J connectivity index is 1.20. The Labute approximate surface area is 245 Å². The van der Waals surface area contributed by atoms with Gasteiger partial charge in [0.25, 0.3) is 20.0 Å². The minimum absolute atomic E-state index is 0.127. The first-order chi connectivity index (χ1) is 19.5. The van der Waals surface area contributed by atoms with E-state index in [1.165, 1.54) is 40.7 Å². The molecular weight excluding hydrogens is 582 g/mol. The Morgan fingerprint density at radius 3 is 2.15 bits per heavy atom. The van der Waals surface area contributed by atoms with Crippen LogP contribution in [-0.2, 0) is 37.7 Å². The van der Waals surface area contributed by atoms with Crippen LogP contribution in [0.2, 0.25) is 5.02 Å². The second-order valence-electron chi connectivity index (χ2n) is 9.79. The molecule has 1 aliphatic heterocycles. The van der Waals surface area contributed by atoms with Crippen LogP contribution in [0.5, 0.6) is 0 Å². The van der Waals surface area contributed by atoms with E-state index in [1.54, 1.807) is 36.4 Å². The van der Waals surface area contributed by atoms with Crippen molar-refractivity contribution in [3.63, 3.8) is 0 Å². The molecule has 0 unspecified atom stereocenters. The van der Waals surface area contributed by atoms with Gasteiger partial charge in [0, 0.05) is 29.4 Å². The Kier molecular flexibility index (Phi) is 8.08. The maximum absolute atomic E-state index is 13.2. The van der Waals surface area contributed by atoms with Crippen LogP contribution in [0.25, 0.3) is 0 Å². The molecule has 0 radical (unpaired) electrons. The fourth-order valence-electron chi connectivity index (χ4n) is 4.56. The van der Waals surface area contributed by atoms with E-state index >= 15 is 0 Å². The number of anilines is 3. The summed E-state index contributed by atoms with van der Waals surface area (Å²) in [4.78, 5) is 13.0. The van der Waals surface area contributed by atoms with Crippen LogP contribution in [0, 0.1) is 6.92 Å². The SMILES string of the molecule is Cc1ccc(NS(=O)(=O)c2ccc(CCC(=O)Nc3ccc4c(c3)N(S(=O)(=O)c3ccc(Cl)cc3)CC4)cc2)cc1. The zero-order valence-electron chi connectivity index (χ0n) is 22.2. The van der Waals surface area contributed by atoms with Gasteiger partial charge in [0.15, 0.2) is 0 Å². The number of sulfonamides is 2. The number of hydrogen-bond acceptors (Lipinski definition) is 5. The number of amides is 1. The molecular formula is C30H28ClN3O5S2. The first kappa shape index (κ1) is 28.7. The van der Waals surface area contributed by atoms with E-state index in [-0.39, 0.29) is 22.1 Å². The molecule has 0 spiro atoms. The minimum Gasteiger partial charge on any atom is -0.326 e. The molecule has 0 saturated carbocycles. The third-order valence-electron chi connectivity index (χ3n) is 6.80. The van der Waals surface area contributed by atoms with Crippen LogP contribution in [0.3, 0.4) is 0 Å². The average molecular weight is 610 g/mol. The summed E-state index contributed by atoms with van der Waals surface area (Å²) in [5.41, 5.74) is 4.23. The van der Waals surface area contributed by atoms with Gasteiger partial charge in [-0.05, 0) is 91.6 Å². The molecule has 2 N–H and O–H groups in total. The van der Waals surface area contributed by atoms with Crippen LogP contribution in [-0.4, -0.2) is 29.3 Å². The Morgan fingerprint density at radius 2 is 1.46 bits per heavy atom. The molecule has 0 bridgehead atoms. The number of fused-ring (bicyclic) bond motifs is 1. The molecule has 4 aromatic carbocycles. The second kappa shape index (κ2) is 11.6. The molecule has 41 heavy (non-hydrogen) atoms.